The third kappa shape index (κ3) is 6.89. The molecule has 1 unspecified atom stereocenters. The highest BCUT2D eigenvalue weighted by Crippen LogP contribution is 2.36. The number of hydrogen-bond donors (Lipinski definition) is 1. The first-order valence-corrected chi connectivity index (χ1v) is 14.4. The number of carbonyl (C=O) groups excluding carboxylic acids is 2. The Balaban J connectivity index is 1.68. The van der Waals surface area contributed by atoms with Crippen molar-refractivity contribution >= 4 is 46.9 Å². The Bertz CT molecular complexity index is 1700. The van der Waals surface area contributed by atoms with E-state index in [9.17, 15) is 14.0 Å². The van der Waals surface area contributed by atoms with Crippen molar-refractivity contribution in [2.45, 2.75) is 45.9 Å². The fourth-order valence-electron chi connectivity index (χ4n) is 4.77. The number of hydrogen-bond acceptors (Lipinski definition) is 5. The molecule has 0 radical (unpaired) electrons. The first-order chi connectivity index (χ1) is 20.4. The van der Waals surface area contributed by atoms with E-state index in [0.717, 1.165) is 0 Å². The molecule has 11 heteroatoms. The van der Waals surface area contributed by atoms with E-state index in [0.29, 0.717) is 43.8 Å². The molecular formula is C32H30Cl2FN5O3. The first-order valence-electron chi connectivity index (χ1n) is 13.6. The lowest BCUT2D eigenvalue weighted by Gasteiger charge is -2.32. The molecule has 1 atom stereocenters. The van der Waals surface area contributed by atoms with Gasteiger partial charge in [0.2, 0.25) is 0 Å². The Labute approximate surface area is 259 Å². The monoisotopic (exact) mass is 621 g/mol. The molecule has 1 aliphatic heterocycles. The van der Waals surface area contributed by atoms with Gasteiger partial charge in [0.15, 0.2) is 5.69 Å². The zero-order valence-corrected chi connectivity index (χ0v) is 25.6. The molecule has 3 heterocycles. The van der Waals surface area contributed by atoms with Gasteiger partial charge in [-0.1, -0.05) is 41.4 Å². The van der Waals surface area contributed by atoms with E-state index >= 15 is 0 Å². The van der Waals surface area contributed by atoms with Crippen LogP contribution in [-0.2, 0) is 11.3 Å². The Kier molecular flexibility index (Phi) is 8.57. The van der Waals surface area contributed by atoms with Gasteiger partial charge in [0.05, 0.1) is 41.2 Å². The Morgan fingerprint density at radius 3 is 2.47 bits per heavy atom. The van der Waals surface area contributed by atoms with Crippen molar-refractivity contribution in [3.05, 3.63) is 111 Å². The van der Waals surface area contributed by atoms with Crippen LogP contribution >= 0.6 is 23.2 Å². The summed E-state index contributed by atoms with van der Waals surface area (Å²) in [6, 6.07) is 16.0. The van der Waals surface area contributed by atoms with Gasteiger partial charge in [-0.25, -0.2) is 13.9 Å². The topological polar surface area (TPSA) is 89.4 Å². The van der Waals surface area contributed by atoms with Crippen LogP contribution in [0.25, 0.3) is 17.3 Å². The lowest BCUT2D eigenvalue weighted by atomic mass is 9.97. The number of aromatic nitrogens is 3. The van der Waals surface area contributed by atoms with Crippen molar-refractivity contribution in [2.24, 2.45) is 0 Å². The van der Waals surface area contributed by atoms with Crippen molar-refractivity contribution in [1.29, 1.82) is 0 Å². The first kappa shape index (κ1) is 30.3. The van der Waals surface area contributed by atoms with Crippen LogP contribution in [0.3, 0.4) is 0 Å². The van der Waals surface area contributed by atoms with Gasteiger partial charge in [-0.05, 0) is 87.4 Å². The normalized spacial score (nSPS) is 14.8. The van der Waals surface area contributed by atoms with Crippen LogP contribution in [0.5, 0.6) is 0 Å². The second kappa shape index (κ2) is 12.2. The molecule has 0 fully saturated rings. The van der Waals surface area contributed by atoms with E-state index in [-0.39, 0.29) is 24.6 Å². The average Bonchev–Trinajstić information content (AvgIpc) is 3.33. The molecule has 222 valence electrons. The number of nitrogens with one attached hydrogen (secondary N) is 1. The SMILES string of the molecule is CC(NC(=O)c1nn(-c2ccc(Cl)cc2Cl)c2c1CN(C(=O)OC(C)(C)C)C/C2=C\c1ccc(F)cc1)c1ccccn1. The molecule has 2 amide bonds. The minimum atomic E-state index is -0.739. The maximum absolute atomic E-state index is 13.8. The summed E-state index contributed by atoms with van der Waals surface area (Å²) in [5.74, 6) is -0.828. The van der Waals surface area contributed by atoms with Crippen molar-refractivity contribution in [3.63, 3.8) is 0 Å². The van der Waals surface area contributed by atoms with E-state index in [1.807, 2.05) is 25.1 Å². The van der Waals surface area contributed by atoms with Gasteiger partial charge in [0.25, 0.3) is 5.91 Å². The minimum absolute atomic E-state index is 0.0525. The fourth-order valence-corrected chi connectivity index (χ4v) is 5.26. The van der Waals surface area contributed by atoms with Crippen LogP contribution in [0.15, 0.2) is 66.9 Å². The quantitative estimate of drug-likeness (QED) is 0.249. The van der Waals surface area contributed by atoms with Gasteiger partial charge in [-0.2, -0.15) is 5.10 Å². The molecule has 5 rings (SSSR count). The number of amides is 2. The smallest absolute Gasteiger partial charge is 0.410 e. The maximum Gasteiger partial charge on any atom is 0.410 e. The number of halogens is 3. The van der Waals surface area contributed by atoms with E-state index in [4.69, 9.17) is 33.0 Å². The molecule has 43 heavy (non-hydrogen) atoms. The molecule has 1 N–H and O–H groups in total. The van der Waals surface area contributed by atoms with E-state index in [1.165, 1.54) is 17.0 Å². The van der Waals surface area contributed by atoms with E-state index in [1.54, 1.807) is 68.0 Å². The second-order valence-corrected chi connectivity index (χ2v) is 12.0. The Morgan fingerprint density at radius 1 is 1.07 bits per heavy atom. The highest BCUT2D eigenvalue weighted by Gasteiger charge is 2.36. The summed E-state index contributed by atoms with van der Waals surface area (Å²) in [4.78, 5) is 33.0. The highest BCUT2D eigenvalue weighted by molar-refractivity contribution is 6.35. The standard InChI is InChI=1S/C32H30Cl2FN5O3/c1-19(26-7-5-6-14-36-26)37-30(41)28-24-18-39(31(42)43-32(2,3)4)17-21(15-20-8-11-23(35)12-9-20)29(24)40(38-28)27-13-10-22(33)16-25(27)34/h5-16,19H,17-18H2,1-4H3,(H,37,41)/b21-15+. The zero-order valence-electron chi connectivity index (χ0n) is 24.1. The van der Waals surface area contributed by atoms with Gasteiger partial charge in [0, 0.05) is 16.8 Å². The van der Waals surface area contributed by atoms with Crippen molar-refractivity contribution < 1.29 is 18.7 Å². The molecule has 0 saturated carbocycles. The second-order valence-electron chi connectivity index (χ2n) is 11.2. The average molecular weight is 623 g/mol. The largest absolute Gasteiger partial charge is 0.444 e. The highest BCUT2D eigenvalue weighted by atomic mass is 35.5. The van der Waals surface area contributed by atoms with Crippen LogP contribution < -0.4 is 5.32 Å². The number of carbonyl (C=O) groups is 2. The van der Waals surface area contributed by atoms with Crippen molar-refractivity contribution in [3.8, 4) is 5.69 Å². The summed E-state index contributed by atoms with van der Waals surface area (Å²) >= 11 is 12.8. The van der Waals surface area contributed by atoms with Crippen LogP contribution in [0, 0.1) is 5.82 Å². The summed E-state index contributed by atoms with van der Waals surface area (Å²) in [6.45, 7) is 7.38. The molecular weight excluding hydrogens is 592 g/mol. The van der Waals surface area contributed by atoms with Gasteiger partial charge >= 0.3 is 6.09 Å². The van der Waals surface area contributed by atoms with Crippen molar-refractivity contribution in [2.75, 3.05) is 6.54 Å². The molecule has 1 aliphatic rings. The van der Waals surface area contributed by atoms with Crippen LogP contribution in [0.4, 0.5) is 9.18 Å². The molecule has 0 aliphatic carbocycles. The number of nitrogens with zero attached hydrogens (tertiary/aromatic N) is 4. The summed E-state index contributed by atoms with van der Waals surface area (Å²) in [6.07, 6.45) is 2.94. The minimum Gasteiger partial charge on any atom is -0.444 e. The van der Waals surface area contributed by atoms with Crippen LogP contribution in [-0.4, -0.2) is 43.8 Å². The number of benzene rings is 2. The Hall–Kier alpha value is -4.21. The van der Waals surface area contributed by atoms with E-state index < -0.39 is 23.6 Å². The molecule has 8 nitrogen and oxygen atoms in total. The molecule has 0 spiro atoms. The predicted octanol–water partition coefficient (Wildman–Crippen LogP) is 7.50. The lowest BCUT2D eigenvalue weighted by molar-refractivity contribution is 0.0254. The Morgan fingerprint density at radius 2 is 1.81 bits per heavy atom. The number of rotatable bonds is 5. The lowest BCUT2D eigenvalue weighted by Crippen LogP contribution is -2.40. The molecule has 0 bridgehead atoms. The predicted molar refractivity (Wildman–Crippen MR) is 165 cm³/mol. The summed E-state index contributed by atoms with van der Waals surface area (Å²) in [5, 5.41) is 8.49. The zero-order chi connectivity index (χ0) is 30.9. The summed E-state index contributed by atoms with van der Waals surface area (Å²) in [7, 11) is 0. The third-order valence-corrected chi connectivity index (χ3v) is 7.23. The van der Waals surface area contributed by atoms with E-state index in [2.05, 4.69) is 10.3 Å². The molecule has 2 aromatic carbocycles. The van der Waals surface area contributed by atoms with Crippen LogP contribution in [0.1, 0.15) is 66.7 Å². The fraction of sp³-hybridized carbons (Fsp3) is 0.250. The third-order valence-electron chi connectivity index (χ3n) is 6.69. The van der Waals surface area contributed by atoms with Crippen molar-refractivity contribution in [1.82, 2.24) is 25.0 Å². The summed E-state index contributed by atoms with van der Waals surface area (Å²) < 4.78 is 21.0. The maximum atomic E-state index is 13.8. The van der Waals surface area contributed by atoms with Gasteiger partial charge in [0.1, 0.15) is 11.4 Å². The summed E-state index contributed by atoms with van der Waals surface area (Å²) in [5.41, 5.74) is 2.98. The molecule has 0 saturated heterocycles. The van der Waals surface area contributed by atoms with Gasteiger partial charge in [-0.3, -0.25) is 14.7 Å². The van der Waals surface area contributed by atoms with Gasteiger partial charge < -0.3 is 10.1 Å². The number of fused-ring (bicyclic) bond motifs is 1. The van der Waals surface area contributed by atoms with Crippen LogP contribution in [0.2, 0.25) is 10.0 Å². The number of pyridine rings is 1. The molecule has 4 aromatic rings. The number of ether oxygens (including phenoxy) is 1. The van der Waals surface area contributed by atoms with Gasteiger partial charge in [-0.15, -0.1) is 0 Å². The molecule has 2 aromatic heterocycles.